The maximum absolute atomic E-state index is 12.9. The van der Waals surface area contributed by atoms with E-state index in [1.807, 2.05) is 0 Å². The van der Waals surface area contributed by atoms with Crippen molar-refractivity contribution in [2.24, 2.45) is 0 Å². The first-order chi connectivity index (χ1) is 7.87. The fraction of sp³-hybridized carbons (Fsp3) is 0.417. The Balaban J connectivity index is 2.97. The van der Waals surface area contributed by atoms with Gasteiger partial charge in [-0.25, -0.2) is 13.6 Å². The summed E-state index contributed by atoms with van der Waals surface area (Å²) < 4.78 is 31.0. The van der Waals surface area contributed by atoms with Gasteiger partial charge in [0.05, 0.1) is 0 Å². The highest BCUT2D eigenvalue weighted by Gasteiger charge is 2.34. The Morgan fingerprint density at radius 1 is 1.35 bits per heavy atom. The number of benzene rings is 1. The second kappa shape index (κ2) is 5.12. The van der Waals surface area contributed by atoms with Crippen molar-refractivity contribution in [3.8, 4) is 5.75 Å². The third-order valence-corrected chi connectivity index (χ3v) is 2.36. The summed E-state index contributed by atoms with van der Waals surface area (Å²) in [5, 5.41) is 9.05. The van der Waals surface area contributed by atoms with E-state index in [0.717, 1.165) is 12.1 Å². The van der Waals surface area contributed by atoms with Crippen molar-refractivity contribution in [1.82, 2.24) is 0 Å². The van der Waals surface area contributed by atoms with E-state index in [0.29, 0.717) is 12.5 Å². The number of hydrogen-bond acceptors (Lipinski definition) is 2. The molecule has 0 aliphatic carbocycles. The van der Waals surface area contributed by atoms with Gasteiger partial charge in [0, 0.05) is 18.2 Å². The molecule has 0 saturated carbocycles. The van der Waals surface area contributed by atoms with Gasteiger partial charge in [-0.2, -0.15) is 0 Å². The van der Waals surface area contributed by atoms with Gasteiger partial charge in [0.2, 0.25) is 5.60 Å². The van der Waals surface area contributed by atoms with Crippen molar-refractivity contribution in [2.75, 3.05) is 0 Å². The Kier molecular flexibility index (Phi) is 4.04. The molecule has 0 bridgehead atoms. The van der Waals surface area contributed by atoms with Crippen molar-refractivity contribution in [3.05, 3.63) is 29.8 Å². The van der Waals surface area contributed by atoms with Gasteiger partial charge in [-0.05, 0) is 13.3 Å². The molecular weight excluding hydrogens is 230 g/mol. The standard InChI is InChI=1S/C12H14F2O3/c1-3-4-12(2,11(15)16)17-10-6-8(13)5-9(14)7-10/h5-7H,3-4H2,1-2H3,(H,15,16). The monoisotopic (exact) mass is 244 g/mol. The zero-order chi connectivity index (χ0) is 13.1. The van der Waals surface area contributed by atoms with Crippen LogP contribution in [-0.4, -0.2) is 16.7 Å². The van der Waals surface area contributed by atoms with Crippen LogP contribution in [0.5, 0.6) is 5.75 Å². The summed E-state index contributed by atoms with van der Waals surface area (Å²) in [4.78, 5) is 11.1. The molecule has 0 aromatic heterocycles. The van der Waals surface area contributed by atoms with Crippen LogP contribution in [0.1, 0.15) is 26.7 Å². The summed E-state index contributed by atoms with van der Waals surface area (Å²) in [6.45, 7) is 3.18. The van der Waals surface area contributed by atoms with Crippen LogP contribution in [-0.2, 0) is 4.79 Å². The lowest BCUT2D eigenvalue weighted by atomic mass is 10.0. The Bertz CT molecular complexity index is 400. The van der Waals surface area contributed by atoms with Gasteiger partial charge in [-0.1, -0.05) is 13.3 Å². The van der Waals surface area contributed by atoms with E-state index in [1.54, 1.807) is 6.92 Å². The van der Waals surface area contributed by atoms with E-state index in [1.165, 1.54) is 6.92 Å². The maximum atomic E-state index is 12.9. The molecule has 1 rings (SSSR count). The highest BCUT2D eigenvalue weighted by molar-refractivity contribution is 5.77. The number of aliphatic carboxylic acids is 1. The van der Waals surface area contributed by atoms with Gasteiger partial charge in [0.1, 0.15) is 17.4 Å². The lowest BCUT2D eigenvalue weighted by molar-refractivity contribution is -0.154. The molecule has 0 spiro atoms. The van der Waals surface area contributed by atoms with Crippen LogP contribution in [0.25, 0.3) is 0 Å². The van der Waals surface area contributed by atoms with Crippen molar-refractivity contribution >= 4 is 5.97 Å². The topological polar surface area (TPSA) is 46.5 Å². The van der Waals surface area contributed by atoms with Crippen LogP contribution >= 0.6 is 0 Å². The molecule has 5 heteroatoms. The minimum Gasteiger partial charge on any atom is -0.478 e. The molecule has 0 heterocycles. The Labute approximate surface area is 98.0 Å². The average molecular weight is 244 g/mol. The Morgan fingerprint density at radius 3 is 2.29 bits per heavy atom. The number of carboxylic acids is 1. The molecule has 0 amide bonds. The Morgan fingerprint density at radius 2 is 1.88 bits per heavy atom. The molecule has 3 nitrogen and oxygen atoms in total. The van der Waals surface area contributed by atoms with Crippen LogP contribution in [0.15, 0.2) is 18.2 Å². The van der Waals surface area contributed by atoms with Gasteiger partial charge in [-0.3, -0.25) is 0 Å². The second-order valence-corrected chi connectivity index (χ2v) is 3.99. The summed E-state index contributed by atoms with van der Waals surface area (Å²) in [6.07, 6.45) is 0.834. The highest BCUT2D eigenvalue weighted by atomic mass is 19.1. The number of hydrogen-bond donors (Lipinski definition) is 1. The van der Waals surface area contributed by atoms with Crippen LogP contribution in [0.2, 0.25) is 0 Å². The van der Waals surface area contributed by atoms with Crippen molar-refractivity contribution < 1.29 is 23.4 Å². The molecule has 1 aromatic rings. The fourth-order valence-corrected chi connectivity index (χ4v) is 1.53. The Hall–Kier alpha value is -1.65. The predicted octanol–water partition coefficient (Wildman–Crippen LogP) is 2.99. The van der Waals surface area contributed by atoms with Gasteiger partial charge in [-0.15, -0.1) is 0 Å². The molecule has 0 aliphatic heterocycles. The quantitative estimate of drug-likeness (QED) is 0.866. The predicted molar refractivity (Wildman–Crippen MR) is 57.9 cm³/mol. The number of rotatable bonds is 5. The molecular formula is C12H14F2O3. The van der Waals surface area contributed by atoms with Crippen LogP contribution in [0.3, 0.4) is 0 Å². The van der Waals surface area contributed by atoms with Gasteiger partial charge < -0.3 is 9.84 Å². The highest BCUT2D eigenvalue weighted by Crippen LogP contribution is 2.24. The molecule has 17 heavy (non-hydrogen) atoms. The van der Waals surface area contributed by atoms with Crippen molar-refractivity contribution in [1.29, 1.82) is 0 Å². The smallest absolute Gasteiger partial charge is 0.347 e. The molecule has 1 aromatic carbocycles. The zero-order valence-electron chi connectivity index (χ0n) is 9.67. The number of ether oxygens (including phenoxy) is 1. The zero-order valence-corrected chi connectivity index (χ0v) is 9.67. The molecule has 94 valence electrons. The van der Waals surface area contributed by atoms with Crippen LogP contribution in [0, 0.1) is 11.6 Å². The molecule has 1 N–H and O–H groups in total. The molecule has 1 unspecified atom stereocenters. The van der Waals surface area contributed by atoms with Crippen LogP contribution < -0.4 is 4.74 Å². The van der Waals surface area contributed by atoms with Crippen LogP contribution in [0.4, 0.5) is 8.78 Å². The lowest BCUT2D eigenvalue weighted by Gasteiger charge is -2.25. The number of halogens is 2. The van der Waals surface area contributed by atoms with E-state index in [4.69, 9.17) is 9.84 Å². The minimum atomic E-state index is -1.48. The summed E-state index contributed by atoms with van der Waals surface area (Å²) in [5.41, 5.74) is -1.48. The number of carboxylic acid groups (broad SMARTS) is 1. The third kappa shape index (κ3) is 3.41. The second-order valence-electron chi connectivity index (χ2n) is 3.99. The summed E-state index contributed by atoms with van der Waals surface area (Å²) in [6, 6.07) is 2.62. The van der Waals surface area contributed by atoms with Gasteiger partial charge >= 0.3 is 5.97 Å². The van der Waals surface area contributed by atoms with E-state index in [-0.39, 0.29) is 12.2 Å². The summed E-state index contributed by atoms with van der Waals surface area (Å²) in [7, 11) is 0. The summed E-state index contributed by atoms with van der Waals surface area (Å²) in [5.74, 6) is -2.89. The average Bonchev–Trinajstić information content (AvgIpc) is 2.15. The third-order valence-electron chi connectivity index (χ3n) is 2.36. The summed E-state index contributed by atoms with van der Waals surface area (Å²) >= 11 is 0. The SMILES string of the molecule is CCCC(C)(Oc1cc(F)cc(F)c1)C(=O)O. The largest absolute Gasteiger partial charge is 0.478 e. The lowest BCUT2D eigenvalue weighted by Crippen LogP contribution is -2.41. The molecule has 0 fully saturated rings. The van der Waals surface area contributed by atoms with E-state index in [9.17, 15) is 13.6 Å². The van der Waals surface area contributed by atoms with Crippen molar-refractivity contribution in [3.63, 3.8) is 0 Å². The maximum Gasteiger partial charge on any atom is 0.347 e. The molecule has 0 saturated heterocycles. The van der Waals surface area contributed by atoms with E-state index in [2.05, 4.69) is 0 Å². The molecule has 0 aliphatic rings. The first kappa shape index (κ1) is 13.4. The molecule has 1 atom stereocenters. The number of carbonyl (C=O) groups is 1. The first-order valence-corrected chi connectivity index (χ1v) is 5.26. The molecule has 0 radical (unpaired) electrons. The minimum absolute atomic E-state index is 0.124. The van der Waals surface area contributed by atoms with Crippen molar-refractivity contribution in [2.45, 2.75) is 32.3 Å². The van der Waals surface area contributed by atoms with Gasteiger partial charge in [0.15, 0.2) is 0 Å². The van der Waals surface area contributed by atoms with E-state index >= 15 is 0 Å². The fourth-order valence-electron chi connectivity index (χ4n) is 1.53. The first-order valence-electron chi connectivity index (χ1n) is 5.26. The van der Waals surface area contributed by atoms with E-state index < -0.39 is 23.2 Å². The normalized spacial score (nSPS) is 14.1. The van der Waals surface area contributed by atoms with Gasteiger partial charge in [0.25, 0.3) is 0 Å².